The maximum absolute atomic E-state index is 14.6. The molecule has 25 heavy (non-hydrogen) atoms. The third-order valence-corrected chi connectivity index (χ3v) is 5.32. The molecular formula is C16H12Cl2FN5O. The summed E-state index contributed by atoms with van der Waals surface area (Å²) in [5.74, 6) is 0.343. The minimum atomic E-state index is -0.485. The van der Waals surface area contributed by atoms with Crippen LogP contribution in [0.2, 0.25) is 10.2 Å². The van der Waals surface area contributed by atoms with Crippen LogP contribution in [-0.2, 0) is 4.84 Å². The van der Waals surface area contributed by atoms with E-state index in [1.54, 1.807) is 17.2 Å². The van der Waals surface area contributed by atoms with Crippen molar-refractivity contribution in [2.24, 2.45) is 0 Å². The lowest BCUT2D eigenvalue weighted by atomic mass is 10.1. The largest absolute Gasteiger partial charge is 0.268 e. The Labute approximate surface area is 152 Å². The average Bonchev–Trinajstić information content (AvgIpc) is 3.30. The predicted octanol–water partition coefficient (Wildman–Crippen LogP) is 3.91. The predicted molar refractivity (Wildman–Crippen MR) is 91.2 cm³/mol. The van der Waals surface area contributed by atoms with Crippen LogP contribution in [0.25, 0.3) is 16.9 Å². The van der Waals surface area contributed by atoms with Gasteiger partial charge in [-0.1, -0.05) is 29.3 Å². The van der Waals surface area contributed by atoms with Crippen molar-refractivity contribution >= 4 is 34.8 Å². The van der Waals surface area contributed by atoms with Crippen molar-refractivity contribution < 1.29 is 9.23 Å². The molecule has 6 nitrogen and oxygen atoms in total. The second-order valence-electron chi connectivity index (χ2n) is 6.19. The third-order valence-electron chi connectivity index (χ3n) is 4.73. The molecule has 1 aliphatic carbocycles. The van der Waals surface area contributed by atoms with Gasteiger partial charge in [0.2, 0.25) is 0 Å². The molecule has 3 aromatic rings. The Morgan fingerprint density at radius 1 is 1.20 bits per heavy atom. The van der Waals surface area contributed by atoms with Crippen LogP contribution < -0.4 is 5.06 Å². The number of nitrogens with zero attached hydrogens (tertiary/aromatic N) is 5. The molecule has 2 atom stereocenters. The zero-order valence-electron chi connectivity index (χ0n) is 12.9. The molecule has 3 heterocycles. The monoisotopic (exact) mass is 379 g/mol. The topological polar surface area (TPSA) is 55.5 Å². The average molecular weight is 380 g/mol. The molecule has 0 radical (unpaired) electrons. The standard InChI is InChI=1S/C16H12Cl2FN5O/c17-10-2-1-3-11(19)12(10)13-14(18)22-16-20-7-21-23(16)15(13)24-8-4-5-9(6-8)25-24/h1-3,7-9H,4-6H2. The first-order valence-electron chi connectivity index (χ1n) is 7.93. The molecule has 0 amide bonds. The van der Waals surface area contributed by atoms with Gasteiger partial charge in [0.25, 0.3) is 5.78 Å². The van der Waals surface area contributed by atoms with Crippen molar-refractivity contribution in [1.29, 1.82) is 0 Å². The van der Waals surface area contributed by atoms with E-state index in [0.717, 1.165) is 19.3 Å². The second kappa shape index (κ2) is 5.52. The number of hydrogen-bond donors (Lipinski definition) is 0. The molecule has 0 spiro atoms. The van der Waals surface area contributed by atoms with E-state index in [4.69, 9.17) is 28.0 Å². The Kier molecular flexibility index (Phi) is 3.38. The van der Waals surface area contributed by atoms with Gasteiger partial charge < -0.3 is 0 Å². The first-order chi connectivity index (χ1) is 12.1. The van der Waals surface area contributed by atoms with Crippen molar-refractivity contribution in [3.05, 3.63) is 40.5 Å². The van der Waals surface area contributed by atoms with Gasteiger partial charge in [0.15, 0.2) is 5.82 Å². The van der Waals surface area contributed by atoms with E-state index >= 15 is 0 Å². The van der Waals surface area contributed by atoms with Crippen LogP contribution in [0.1, 0.15) is 19.3 Å². The zero-order valence-corrected chi connectivity index (χ0v) is 14.4. The van der Waals surface area contributed by atoms with Gasteiger partial charge >= 0.3 is 0 Å². The summed E-state index contributed by atoms with van der Waals surface area (Å²) in [5, 5.41) is 6.35. The van der Waals surface area contributed by atoms with E-state index in [1.807, 2.05) is 0 Å². The van der Waals surface area contributed by atoms with Crippen LogP contribution in [0.3, 0.4) is 0 Å². The van der Waals surface area contributed by atoms with Crippen molar-refractivity contribution in [1.82, 2.24) is 19.6 Å². The maximum Gasteiger partial charge on any atom is 0.255 e. The van der Waals surface area contributed by atoms with Gasteiger partial charge in [-0.2, -0.15) is 19.6 Å². The fourth-order valence-electron chi connectivity index (χ4n) is 3.65. The molecule has 2 aromatic heterocycles. The highest BCUT2D eigenvalue weighted by Gasteiger charge is 2.42. The van der Waals surface area contributed by atoms with Gasteiger partial charge in [0.1, 0.15) is 17.3 Å². The summed E-state index contributed by atoms with van der Waals surface area (Å²) in [6, 6.07) is 4.68. The zero-order chi connectivity index (χ0) is 17.1. The van der Waals surface area contributed by atoms with E-state index < -0.39 is 5.82 Å². The highest BCUT2D eigenvalue weighted by molar-refractivity contribution is 6.36. The molecular weight excluding hydrogens is 368 g/mol. The summed E-state index contributed by atoms with van der Waals surface area (Å²) in [4.78, 5) is 14.3. The number of halogens is 3. The number of fused-ring (bicyclic) bond motifs is 3. The molecule has 1 aromatic carbocycles. The second-order valence-corrected chi connectivity index (χ2v) is 6.96. The molecule has 2 aliphatic rings. The first kappa shape index (κ1) is 15.3. The van der Waals surface area contributed by atoms with Crippen LogP contribution in [0, 0.1) is 5.82 Å². The summed E-state index contributed by atoms with van der Waals surface area (Å²) < 4.78 is 16.1. The lowest BCUT2D eigenvalue weighted by molar-refractivity contribution is 0.0564. The van der Waals surface area contributed by atoms with Gasteiger partial charge in [-0.3, -0.25) is 4.84 Å². The number of rotatable bonds is 2. The van der Waals surface area contributed by atoms with Gasteiger partial charge in [0.05, 0.1) is 22.7 Å². The smallest absolute Gasteiger partial charge is 0.255 e. The number of anilines is 1. The molecule has 128 valence electrons. The summed E-state index contributed by atoms with van der Waals surface area (Å²) in [6.07, 6.45) is 4.45. The van der Waals surface area contributed by atoms with Gasteiger partial charge in [-0.05, 0) is 31.4 Å². The minimum Gasteiger partial charge on any atom is -0.268 e. The maximum atomic E-state index is 14.6. The number of benzene rings is 1. The lowest BCUT2D eigenvalue weighted by Crippen LogP contribution is -2.33. The van der Waals surface area contributed by atoms with Crippen LogP contribution >= 0.6 is 23.2 Å². The van der Waals surface area contributed by atoms with E-state index in [-0.39, 0.29) is 27.9 Å². The Morgan fingerprint density at radius 3 is 2.80 bits per heavy atom. The molecule has 1 saturated carbocycles. The van der Waals surface area contributed by atoms with E-state index in [1.165, 1.54) is 16.9 Å². The number of aromatic nitrogens is 4. The number of hydrogen-bond acceptors (Lipinski definition) is 5. The summed E-state index contributed by atoms with van der Waals surface area (Å²) in [5.41, 5.74) is 0.538. The van der Waals surface area contributed by atoms with Gasteiger partial charge in [-0.15, -0.1) is 0 Å². The minimum absolute atomic E-state index is 0.105. The van der Waals surface area contributed by atoms with Crippen LogP contribution in [-0.4, -0.2) is 31.7 Å². The Hall–Kier alpha value is -1.96. The normalized spacial score (nSPS) is 22.3. The number of hydroxylamine groups is 1. The summed E-state index contributed by atoms with van der Waals surface area (Å²) in [7, 11) is 0. The van der Waals surface area contributed by atoms with Gasteiger partial charge in [-0.25, -0.2) is 9.45 Å². The summed E-state index contributed by atoms with van der Waals surface area (Å²) in [6.45, 7) is 0. The van der Waals surface area contributed by atoms with E-state index in [9.17, 15) is 4.39 Å². The van der Waals surface area contributed by atoms with Crippen LogP contribution in [0.4, 0.5) is 10.2 Å². The summed E-state index contributed by atoms with van der Waals surface area (Å²) >= 11 is 12.7. The highest BCUT2D eigenvalue weighted by atomic mass is 35.5. The molecule has 2 bridgehead atoms. The van der Waals surface area contributed by atoms with Crippen molar-refractivity contribution in [3.63, 3.8) is 0 Å². The van der Waals surface area contributed by atoms with Crippen molar-refractivity contribution in [3.8, 4) is 11.1 Å². The van der Waals surface area contributed by atoms with Crippen molar-refractivity contribution in [2.45, 2.75) is 31.4 Å². The third kappa shape index (κ3) is 2.23. The molecule has 2 unspecified atom stereocenters. The molecule has 5 rings (SSSR count). The SMILES string of the molecule is Fc1cccc(Cl)c1-c1c(Cl)nc2ncnn2c1N1OC2CCC1C2. The molecule has 0 N–H and O–H groups in total. The molecule has 9 heteroatoms. The molecule has 1 aliphatic heterocycles. The van der Waals surface area contributed by atoms with Gasteiger partial charge in [0, 0.05) is 5.56 Å². The quantitative estimate of drug-likeness (QED) is 0.631. The van der Waals surface area contributed by atoms with Crippen LogP contribution in [0.5, 0.6) is 0 Å². The Morgan fingerprint density at radius 2 is 2.08 bits per heavy atom. The van der Waals surface area contributed by atoms with Crippen LogP contribution in [0.15, 0.2) is 24.5 Å². The van der Waals surface area contributed by atoms with E-state index in [0.29, 0.717) is 17.2 Å². The highest BCUT2D eigenvalue weighted by Crippen LogP contribution is 2.46. The van der Waals surface area contributed by atoms with E-state index in [2.05, 4.69) is 15.1 Å². The lowest BCUT2D eigenvalue weighted by Gasteiger charge is -2.29. The fraction of sp³-hybridized carbons (Fsp3) is 0.312. The van der Waals surface area contributed by atoms with Crippen molar-refractivity contribution in [2.75, 3.05) is 5.06 Å². The Bertz CT molecular complexity index is 974. The fourth-order valence-corrected chi connectivity index (χ4v) is 4.17. The Balaban J connectivity index is 1.84. The molecule has 1 saturated heterocycles. The first-order valence-corrected chi connectivity index (χ1v) is 8.68. The molecule has 2 fully saturated rings.